The van der Waals surface area contributed by atoms with Gasteiger partial charge in [-0.05, 0) is 43.4 Å². The topological polar surface area (TPSA) is 43.5 Å². The number of hydrogen-bond acceptors (Lipinski definition) is 4. The Hall–Kier alpha value is -1.26. The molecule has 3 unspecified atom stereocenters. The first-order valence-electron chi connectivity index (χ1n) is 7.68. The van der Waals surface area contributed by atoms with Crippen LogP contribution in [0.3, 0.4) is 0 Å². The number of allylic oxidation sites excluding steroid dienone is 5. The third kappa shape index (κ3) is 4.90. The standard InChI is InChI=1S/C17H24O4/c1-13(18-9-15-11-20-15)5-7-17(2)6-3-4-14(8-17)19-10-16-12-21-16/h3-5,8,15-16H,6-7,9-12H2,1-2H3/b13-5+. The molecule has 0 aromatic heterocycles. The maximum absolute atomic E-state index is 5.78. The van der Waals surface area contributed by atoms with Crippen LogP contribution < -0.4 is 0 Å². The number of rotatable bonds is 8. The summed E-state index contributed by atoms with van der Waals surface area (Å²) in [6.07, 6.45) is 11.2. The van der Waals surface area contributed by atoms with Crippen molar-refractivity contribution in [2.24, 2.45) is 5.41 Å². The largest absolute Gasteiger partial charge is 0.496 e. The lowest BCUT2D eigenvalue weighted by Crippen LogP contribution is -2.16. The minimum atomic E-state index is 0.0925. The lowest BCUT2D eigenvalue weighted by Gasteiger charge is -2.27. The van der Waals surface area contributed by atoms with E-state index in [9.17, 15) is 0 Å². The van der Waals surface area contributed by atoms with E-state index in [1.807, 2.05) is 6.92 Å². The van der Waals surface area contributed by atoms with Crippen molar-refractivity contribution in [3.05, 3.63) is 35.8 Å². The molecule has 2 heterocycles. The molecule has 0 radical (unpaired) electrons. The van der Waals surface area contributed by atoms with E-state index in [0.717, 1.165) is 37.6 Å². The van der Waals surface area contributed by atoms with Gasteiger partial charge in [0.2, 0.25) is 0 Å². The highest BCUT2D eigenvalue weighted by atomic mass is 16.6. The highest BCUT2D eigenvalue weighted by Crippen LogP contribution is 2.34. The van der Waals surface area contributed by atoms with Crippen LogP contribution in [-0.4, -0.2) is 38.6 Å². The zero-order valence-corrected chi connectivity index (χ0v) is 12.8. The first-order chi connectivity index (χ1) is 10.1. The highest BCUT2D eigenvalue weighted by Gasteiger charge is 2.26. The predicted octanol–water partition coefficient (Wildman–Crippen LogP) is 2.96. The van der Waals surface area contributed by atoms with E-state index in [0.29, 0.717) is 25.4 Å². The Labute approximate surface area is 126 Å². The second kappa shape index (κ2) is 6.24. The molecular formula is C17H24O4. The van der Waals surface area contributed by atoms with Gasteiger partial charge in [-0.25, -0.2) is 0 Å². The Kier molecular flexibility index (Phi) is 4.36. The van der Waals surface area contributed by atoms with Crippen molar-refractivity contribution in [3.63, 3.8) is 0 Å². The summed E-state index contributed by atoms with van der Waals surface area (Å²) in [5.74, 6) is 1.93. The lowest BCUT2D eigenvalue weighted by atomic mass is 9.80. The van der Waals surface area contributed by atoms with Gasteiger partial charge in [0.15, 0.2) is 0 Å². The summed E-state index contributed by atoms with van der Waals surface area (Å²) in [5.41, 5.74) is 0.0925. The fourth-order valence-corrected chi connectivity index (χ4v) is 2.30. The average Bonchev–Trinajstić information content (AvgIpc) is 3.36. The van der Waals surface area contributed by atoms with Crippen molar-refractivity contribution in [2.45, 2.75) is 38.9 Å². The first-order valence-corrected chi connectivity index (χ1v) is 7.68. The van der Waals surface area contributed by atoms with Gasteiger partial charge in [0, 0.05) is 0 Å². The van der Waals surface area contributed by atoms with Crippen molar-refractivity contribution in [1.82, 2.24) is 0 Å². The molecule has 0 spiro atoms. The third-order valence-electron chi connectivity index (χ3n) is 3.95. The summed E-state index contributed by atoms with van der Waals surface area (Å²) in [6, 6.07) is 0. The molecule has 0 bridgehead atoms. The average molecular weight is 292 g/mol. The molecule has 3 atom stereocenters. The molecule has 21 heavy (non-hydrogen) atoms. The fraction of sp³-hybridized carbons (Fsp3) is 0.647. The van der Waals surface area contributed by atoms with Crippen LogP contribution >= 0.6 is 0 Å². The van der Waals surface area contributed by atoms with Crippen LogP contribution in [0, 0.1) is 5.41 Å². The van der Waals surface area contributed by atoms with Gasteiger partial charge in [0.05, 0.1) is 19.0 Å². The zero-order chi connectivity index (χ0) is 14.7. The van der Waals surface area contributed by atoms with Crippen LogP contribution in [-0.2, 0) is 18.9 Å². The van der Waals surface area contributed by atoms with Crippen LogP contribution in [0.1, 0.15) is 26.7 Å². The molecule has 116 valence electrons. The monoisotopic (exact) mass is 292 g/mol. The lowest BCUT2D eigenvalue weighted by molar-refractivity contribution is 0.180. The van der Waals surface area contributed by atoms with Gasteiger partial charge in [-0.3, -0.25) is 0 Å². The summed E-state index contributed by atoms with van der Waals surface area (Å²) in [5, 5.41) is 0. The third-order valence-corrected chi connectivity index (χ3v) is 3.95. The second-order valence-corrected chi connectivity index (χ2v) is 6.36. The summed E-state index contributed by atoms with van der Waals surface area (Å²) in [7, 11) is 0. The number of ether oxygens (including phenoxy) is 4. The summed E-state index contributed by atoms with van der Waals surface area (Å²) in [4.78, 5) is 0. The second-order valence-electron chi connectivity index (χ2n) is 6.36. The molecule has 2 saturated heterocycles. The molecule has 0 N–H and O–H groups in total. The van der Waals surface area contributed by atoms with Crippen molar-refractivity contribution in [3.8, 4) is 0 Å². The quantitative estimate of drug-likeness (QED) is 0.509. The van der Waals surface area contributed by atoms with Crippen LogP contribution in [0.2, 0.25) is 0 Å². The van der Waals surface area contributed by atoms with Gasteiger partial charge >= 0.3 is 0 Å². The van der Waals surface area contributed by atoms with E-state index in [4.69, 9.17) is 18.9 Å². The van der Waals surface area contributed by atoms with Crippen molar-refractivity contribution in [2.75, 3.05) is 26.4 Å². The summed E-state index contributed by atoms with van der Waals surface area (Å²) in [6.45, 7) is 7.26. The van der Waals surface area contributed by atoms with Crippen molar-refractivity contribution >= 4 is 0 Å². The molecule has 3 aliphatic rings. The normalized spacial score (nSPS) is 34.4. The minimum Gasteiger partial charge on any atom is -0.496 e. The van der Waals surface area contributed by atoms with Gasteiger partial charge in [0.1, 0.15) is 31.2 Å². The highest BCUT2D eigenvalue weighted by molar-refractivity contribution is 5.23. The molecule has 4 heteroatoms. The smallest absolute Gasteiger partial charge is 0.117 e. The molecule has 0 aromatic rings. The fourth-order valence-electron chi connectivity index (χ4n) is 2.30. The molecule has 0 amide bonds. The maximum atomic E-state index is 5.78. The molecule has 3 rings (SSSR count). The van der Waals surface area contributed by atoms with Gasteiger partial charge in [-0.15, -0.1) is 0 Å². The Morgan fingerprint density at radius 2 is 2.05 bits per heavy atom. The van der Waals surface area contributed by atoms with Gasteiger partial charge in [0.25, 0.3) is 0 Å². The minimum absolute atomic E-state index is 0.0925. The van der Waals surface area contributed by atoms with E-state index in [-0.39, 0.29) is 5.41 Å². The van der Waals surface area contributed by atoms with E-state index in [1.165, 1.54) is 0 Å². The Bertz CT molecular complexity index is 457. The van der Waals surface area contributed by atoms with Gasteiger partial charge in [-0.2, -0.15) is 0 Å². The molecule has 2 fully saturated rings. The van der Waals surface area contributed by atoms with E-state index < -0.39 is 0 Å². The summed E-state index contributed by atoms with van der Waals surface area (Å²) < 4.78 is 21.8. The van der Waals surface area contributed by atoms with E-state index in [1.54, 1.807) is 0 Å². The number of hydrogen-bond donors (Lipinski definition) is 0. The maximum Gasteiger partial charge on any atom is 0.117 e. The van der Waals surface area contributed by atoms with Crippen LogP contribution in [0.15, 0.2) is 35.8 Å². The van der Waals surface area contributed by atoms with Crippen molar-refractivity contribution < 1.29 is 18.9 Å². The van der Waals surface area contributed by atoms with E-state index >= 15 is 0 Å². The molecule has 0 aromatic carbocycles. The summed E-state index contributed by atoms with van der Waals surface area (Å²) >= 11 is 0. The van der Waals surface area contributed by atoms with Crippen LogP contribution in [0.5, 0.6) is 0 Å². The van der Waals surface area contributed by atoms with Gasteiger partial charge < -0.3 is 18.9 Å². The number of epoxide rings is 2. The Morgan fingerprint density at radius 3 is 2.76 bits per heavy atom. The van der Waals surface area contributed by atoms with Crippen LogP contribution in [0.25, 0.3) is 0 Å². The predicted molar refractivity (Wildman–Crippen MR) is 79.7 cm³/mol. The van der Waals surface area contributed by atoms with E-state index in [2.05, 4.69) is 31.2 Å². The SMILES string of the molecule is C/C(=C\CC1(C)C=C(OCC2CO2)C=CC1)OCC1CO1. The Morgan fingerprint density at radius 1 is 1.33 bits per heavy atom. The Balaban J connectivity index is 1.49. The molecule has 4 nitrogen and oxygen atoms in total. The van der Waals surface area contributed by atoms with Gasteiger partial charge in [-0.1, -0.05) is 13.0 Å². The van der Waals surface area contributed by atoms with Crippen molar-refractivity contribution in [1.29, 1.82) is 0 Å². The first kappa shape index (κ1) is 14.7. The molecule has 2 aliphatic heterocycles. The molecule has 0 saturated carbocycles. The molecule has 1 aliphatic carbocycles. The molecular weight excluding hydrogens is 268 g/mol. The zero-order valence-electron chi connectivity index (χ0n) is 12.8. The van der Waals surface area contributed by atoms with Crippen LogP contribution in [0.4, 0.5) is 0 Å².